The van der Waals surface area contributed by atoms with Gasteiger partial charge in [-0.05, 0) is 24.6 Å². The Balaban J connectivity index is 2.90. The molecule has 0 unspecified atom stereocenters. The molecule has 1 aromatic carbocycles. The summed E-state index contributed by atoms with van der Waals surface area (Å²) < 4.78 is 37.6. The molecule has 1 rings (SSSR count). The fraction of sp³-hybridized carbons (Fsp3) is 0.462. The van der Waals surface area contributed by atoms with Crippen LogP contribution in [0.2, 0.25) is 0 Å². The SMILES string of the molecule is CCCCCC(=O)c1cc(C(F)(F)F)ccc1N. The Hall–Kier alpha value is -1.52. The van der Waals surface area contributed by atoms with Crippen molar-refractivity contribution in [2.45, 2.75) is 38.8 Å². The highest BCUT2D eigenvalue weighted by Gasteiger charge is 2.31. The Morgan fingerprint density at radius 1 is 1.28 bits per heavy atom. The molecule has 2 N–H and O–H groups in total. The number of Topliss-reactive ketones (excluding diaryl/α,β-unsaturated/α-hetero) is 1. The van der Waals surface area contributed by atoms with E-state index in [4.69, 9.17) is 5.73 Å². The molecule has 1 aromatic rings. The van der Waals surface area contributed by atoms with Crippen LogP contribution in [0.25, 0.3) is 0 Å². The van der Waals surface area contributed by atoms with Gasteiger partial charge >= 0.3 is 6.18 Å². The lowest BCUT2D eigenvalue weighted by molar-refractivity contribution is -0.137. The summed E-state index contributed by atoms with van der Waals surface area (Å²) >= 11 is 0. The normalized spacial score (nSPS) is 11.6. The molecule has 0 aromatic heterocycles. The molecule has 0 heterocycles. The third-order valence-electron chi connectivity index (χ3n) is 2.69. The number of nitrogens with two attached hydrogens (primary N) is 1. The van der Waals surface area contributed by atoms with Crippen LogP contribution in [0.1, 0.15) is 48.5 Å². The van der Waals surface area contributed by atoms with Crippen molar-refractivity contribution >= 4 is 11.5 Å². The highest BCUT2D eigenvalue weighted by Crippen LogP contribution is 2.31. The Morgan fingerprint density at radius 3 is 2.50 bits per heavy atom. The number of hydrogen-bond donors (Lipinski definition) is 1. The van der Waals surface area contributed by atoms with Gasteiger partial charge in [-0.2, -0.15) is 13.2 Å². The largest absolute Gasteiger partial charge is 0.416 e. The van der Waals surface area contributed by atoms with E-state index in [-0.39, 0.29) is 23.5 Å². The summed E-state index contributed by atoms with van der Waals surface area (Å²) in [6, 6.07) is 2.86. The first-order chi connectivity index (χ1) is 8.36. The fourth-order valence-corrected chi connectivity index (χ4v) is 1.64. The van der Waals surface area contributed by atoms with Crippen molar-refractivity contribution in [2.24, 2.45) is 0 Å². The monoisotopic (exact) mass is 259 g/mol. The predicted octanol–water partition coefficient (Wildman–Crippen LogP) is 4.05. The van der Waals surface area contributed by atoms with Gasteiger partial charge in [-0.1, -0.05) is 19.8 Å². The van der Waals surface area contributed by atoms with Gasteiger partial charge in [0.05, 0.1) is 5.56 Å². The molecule has 0 saturated carbocycles. The van der Waals surface area contributed by atoms with E-state index in [1.807, 2.05) is 6.92 Å². The van der Waals surface area contributed by atoms with E-state index in [0.29, 0.717) is 6.42 Å². The number of anilines is 1. The van der Waals surface area contributed by atoms with Crippen molar-refractivity contribution < 1.29 is 18.0 Å². The summed E-state index contributed by atoms with van der Waals surface area (Å²) in [6.45, 7) is 1.99. The van der Waals surface area contributed by atoms with Crippen LogP contribution in [-0.4, -0.2) is 5.78 Å². The summed E-state index contributed by atoms with van der Waals surface area (Å²) in [4.78, 5) is 11.8. The molecule has 0 aliphatic carbocycles. The molecule has 18 heavy (non-hydrogen) atoms. The van der Waals surface area contributed by atoms with E-state index in [9.17, 15) is 18.0 Å². The first-order valence-corrected chi connectivity index (χ1v) is 5.86. The predicted molar refractivity (Wildman–Crippen MR) is 64.3 cm³/mol. The van der Waals surface area contributed by atoms with Crippen LogP contribution in [0.15, 0.2) is 18.2 Å². The lowest BCUT2D eigenvalue weighted by Crippen LogP contribution is -2.10. The molecule has 0 bridgehead atoms. The third kappa shape index (κ3) is 3.75. The molecule has 0 aliphatic rings. The maximum absolute atomic E-state index is 12.5. The summed E-state index contributed by atoms with van der Waals surface area (Å²) in [5, 5.41) is 0. The molecule has 100 valence electrons. The van der Waals surface area contributed by atoms with Crippen LogP contribution >= 0.6 is 0 Å². The number of carbonyl (C=O) groups is 1. The van der Waals surface area contributed by atoms with Gasteiger partial charge in [-0.25, -0.2) is 0 Å². The van der Waals surface area contributed by atoms with Crippen molar-refractivity contribution in [2.75, 3.05) is 5.73 Å². The molecule has 0 radical (unpaired) electrons. The average molecular weight is 259 g/mol. The Morgan fingerprint density at radius 2 is 1.94 bits per heavy atom. The molecule has 0 atom stereocenters. The number of alkyl halides is 3. The fourth-order valence-electron chi connectivity index (χ4n) is 1.64. The van der Waals surface area contributed by atoms with E-state index in [0.717, 1.165) is 31.0 Å². The van der Waals surface area contributed by atoms with Gasteiger partial charge in [-0.15, -0.1) is 0 Å². The number of carbonyl (C=O) groups excluding carboxylic acids is 1. The van der Waals surface area contributed by atoms with E-state index in [1.54, 1.807) is 0 Å². The number of rotatable bonds is 5. The van der Waals surface area contributed by atoms with Gasteiger partial charge in [-0.3, -0.25) is 4.79 Å². The summed E-state index contributed by atoms with van der Waals surface area (Å²) in [6.07, 6.45) is -1.72. The van der Waals surface area contributed by atoms with E-state index >= 15 is 0 Å². The molecule has 0 amide bonds. The topological polar surface area (TPSA) is 43.1 Å². The zero-order chi connectivity index (χ0) is 13.8. The number of ketones is 1. The van der Waals surface area contributed by atoms with Gasteiger partial charge in [0.15, 0.2) is 5.78 Å². The lowest BCUT2D eigenvalue weighted by Gasteiger charge is -2.10. The standard InChI is InChI=1S/C13H16F3NO/c1-2-3-4-5-12(18)10-8-9(13(14,15)16)6-7-11(10)17/h6-8H,2-5,17H2,1H3. The molecular formula is C13H16F3NO. The minimum absolute atomic E-state index is 0.0269. The van der Waals surface area contributed by atoms with Crippen molar-refractivity contribution in [3.8, 4) is 0 Å². The molecular weight excluding hydrogens is 243 g/mol. The van der Waals surface area contributed by atoms with Crippen molar-refractivity contribution in [3.05, 3.63) is 29.3 Å². The molecule has 0 saturated heterocycles. The maximum Gasteiger partial charge on any atom is 0.416 e. The van der Waals surface area contributed by atoms with Crippen molar-refractivity contribution in [3.63, 3.8) is 0 Å². The Labute approximate surface area is 104 Å². The highest BCUT2D eigenvalue weighted by molar-refractivity contribution is 6.00. The highest BCUT2D eigenvalue weighted by atomic mass is 19.4. The first kappa shape index (κ1) is 14.5. The molecule has 5 heteroatoms. The number of benzene rings is 1. The maximum atomic E-state index is 12.5. The average Bonchev–Trinajstić information content (AvgIpc) is 2.28. The minimum atomic E-state index is -4.45. The summed E-state index contributed by atoms with van der Waals surface area (Å²) in [5.41, 5.74) is 4.79. The summed E-state index contributed by atoms with van der Waals surface area (Å²) in [5.74, 6) is -0.327. The van der Waals surface area contributed by atoms with Crippen LogP contribution in [0.3, 0.4) is 0 Å². The third-order valence-corrected chi connectivity index (χ3v) is 2.69. The van der Waals surface area contributed by atoms with E-state index in [2.05, 4.69) is 0 Å². The van der Waals surface area contributed by atoms with Crippen LogP contribution in [0.4, 0.5) is 18.9 Å². The molecule has 0 spiro atoms. The van der Waals surface area contributed by atoms with Gasteiger partial charge < -0.3 is 5.73 Å². The van der Waals surface area contributed by atoms with Gasteiger partial charge in [0.1, 0.15) is 0 Å². The van der Waals surface area contributed by atoms with Gasteiger partial charge in [0.25, 0.3) is 0 Å². The van der Waals surface area contributed by atoms with E-state index in [1.165, 1.54) is 0 Å². The number of nitrogen functional groups attached to an aromatic ring is 1. The Bertz CT molecular complexity index is 427. The van der Waals surface area contributed by atoms with Crippen molar-refractivity contribution in [1.29, 1.82) is 0 Å². The number of unbranched alkanes of at least 4 members (excludes halogenated alkanes) is 2. The van der Waals surface area contributed by atoms with E-state index < -0.39 is 11.7 Å². The van der Waals surface area contributed by atoms with Crippen LogP contribution in [0.5, 0.6) is 0 Å². The van der Waals surface area contributed by atoms with Crippen LogP contribution in [-0.2, 0) is 6.18 Å². The Kier molecular flexibility index (Phi) is 4.76. The molecule has 0 fully saturated rings. The van der Waals surface area contributed by atoms with Crippen molar-refractivity contribution in [1.82, 2.24) is 0 Å². The molecule has 0 aliphatic heterocycles. The van der Waals surface area contributed by atoms with Gasteiger partial charge in [0.2, 0.25) is 0 Å². The number of halogens is 3. The lowest BCUT2D eigenvalue weighted by atomic mass is 10.0. The second-order valence-corrected chi connectivity index (χ2v) is 4.18. The quantitative estimate of drug-likeness (QED) is 0.492. The smallest absolute Gasteiger partial charge is 0.398 e. The first-order valence-electron chi connectivity index (χ1n) is 5.86. The zero-order valence-corrected chi connectivity index (χ0v) is 10.2. The zero-order valence-electron chi connectivity index (χ0n) is 10.2. The van der Waals surface area contributed by atoms with Crippen LogP contribution in [0, 0.1) is 0 Å². The molecule has 2 nitrogen and oxygen atoms in total. The second kappa shape index (κ2) is 5.89. The minimum Gasteiger partial charge on any atom is -0.398 e. The van der Waals surface area contributed by atoms with Crippen LogP contribution < -0.4 is 5.73 Å². The van der Waals surface area contributed by atoms with Gasteiger partial charge in [0, 0.05) is 17.7 Å². The second-order valence-electron chi connectivity index (χ2n) is 4.18. The number of hydrogen-bond acceptors (Lipinski definition) is 2. The summed E-state index contributed by atoms with van der Waals surface area (Å²) in [7, 11) is 0.